The second kappa shape index (κ2) is 17.3. The molecular formula is C23H37BN2O12. The van der Waals surface area contributed by atoms with Crippen molar-refractivity contribution in [1.82, 2.24) is 9.80 Å². The van der Waals surface area contributed by atoms with E-state index in [-0.39, 0.29) is 36.8 Å². The summed E-state index contributed by atoms with van der Waals surface area (Å²) in [6.07, 6.45) is -10.8. The van der Waals surface area contributed by atoms with Crippen molar-refractivity contribution in [2.45, 2.75) is 65.0 Å². The van der Waals surface area contributed by atoms with Gasteiger partial charge in [0.2, 0.25) is 6.29 Å². The van der Waals surface area contributed by atoms with Gasteiger partial charge in [0.15, 0.2) is 6.10 Å². The normalized spacial score (nSPS) is 21.9. The van der Waals surface area contributed by atoms with E-state index >= 15 is 0 Å². The Morgan fingerprint density at radius 3 is 2.03 bits per heavy atom. The number of aliphatic hydroxyl groups excluding tert-OH is 3. The van der Waals surface area contributed by atoms with Crippen LogP contribution in [-0.4, -0.2) is 119 Å². The highest BCUT2D eigenvalue weighted by Gasteiger charge is 2.48. The second-order valence-corrected chi connectivity index (χ2v) is 7.43. The molecule has 2 amide bonds. The van der Waals surface area contributed by atoms with Crippen molar-refractivity contribution in [3.05, 3.63) is 23.8 Å². The molecule has 38 heavy (non-hydrogen) atoms. The van der Waals surface area contributed by atoms with Crippen molar-refractivity contribution in [2.24, 2.45) is 0 Å². The monoisotopic (exact) mass is 544 g/mol. The number of nitrogens with zero attached hydrogens (tertiary/aromatic N) is 2. The average Bonchev–Trinajstić information content (AvgIpc) is 2.92. The van der Waals surface area contributed by atoms with Gasteiger partial charge >= 0.3 is 26.2 Å². The largest absolute Gasteiger partial charge is 0.528 e. The number of aliphatic carboxylic acids is 1. The summed E-state index contributed by atoms with van der Waals surface area (Å²) >= 11 is 0. The van der Waals surface area contributed by atoms with Crippen LogP contribution < -0.4 is 4.74 Å². The van der Waals surface area contributed by atoms with Crippen molar-refractivity contribution in [3.63, 3.8) is 0 Å². The topological polar surface area (TPSA) is 196 Å². The molecule has 1 aromatic carbocycles. The van der Waals surface area contributed by atoms with Crippen molar-refractivity contribution >= 4 is 26.2 Å². The SMILES string of the molecule is CC.CC.[B]OC(=O)N(C)CCN(C)C(=O)OCc1ccc(O)cc1O[C@@H]1O[C@H](C(=O)O)[C@@H](O)[C@H](O)[C@H]1O. The first kappa shape index (κ1) is 34.7. The minimum absolute atomic E-state index is 0.0856. The number of carboxylic acid groups (broad SMARTS) is 1. The van der Waals surface area contributed by atoms with Crippen LogP contribution in [0.2, 0.25) is 0 Å². The summed E-state index contributed by atoms with van der Waals surface area (Å²) in [7, 11) is 7.62. The Balaban J connectivity index is 0.00000326. The lowest BCUT2D eigenvalue weighted by atomic mass is 9.99. The molecule has 0 spiro atoms. The molecule has 1 fully saturated rings. The molecule has 0 aliphatic carbocycles. The van der Waals surface area contributed by atoms with E-state index in [1.807, 2.05) is 27.7 Å². The fourth-order valence-electron chi connectivity index (χ4n) is 2.87. The number of phenols is 1. The van der Waals surface area contributed by atoms with Crippen LogP contribution in [0.5, 0.6) is 11.5 Å². The molecular weight excluding hydrogens is 507 g/mol. The van der Waals surface area contributed by atoms with Gasteiger partial charge in [-0.1, -0.05) is 27.7 Å². The van der Waals surface area contributed by atoms with Gasteiger partial charge in [-0.25, -0.2) is 14.4 Å². The average molecular weight is 544 g/mol. The maximum absolute atomic E-state index is 12.2. The number of aliphatic hydroxyl groups is 3. The molecule has 0 saturated carbocycles. The molecule has 0 unspecified atom stereocenters. The summed E-state index contributed by atoms with van der Waals surface area (Å²) in [5.74, 6) is -2.00. The number of carbonyl (C=O) groups is 3. The molecule has 0 aromatic heterocycles. The smallest absolute Gasteiger partial charge is 0.409 e. The molecule has 2 radical (unpaired) electrons. The van der Waals surface area contributed by atoms with Crippen molar-refractivity contribution in [2.75, 3.05) is 27.2 Å². The van der Waals surface area contributed by atoms with Crippen LogP contribution in [-0.2, 0) is 25.5 Å². The Morgan fingerprint density at radius 1 is 0.947 bits per heavy atom. The van der Waals surface area contributed by atoms with E-state index in [0.29, 0.717) is 0 Å². The van der Waals surface area contributed by atoms with Crippen molar-refractivity contribution in [1.29, 1.82) is 0 Å². The summed E-state index contributed by atoms with van der Waals surface area (Å²) < 4.78 is 19.8. The predicted molar refractivity (Wildman–Crippen MR) is 133 cm³/mol. The molecule has 14 nitrogen and oxygen atoms in total. The molecule has 1 aromatic rings. The van der Waals surface area contributed by atoms with E-state index in [4.69, 9.17) is 27.4 Å². The molecule has 1 saturated heterocycles. The van der Waals surface area contributed by atoms with Gasteiger partial charge in [0.25, 0.3) is 0 Å². The quantitative estimate of drug-likeness (QED) is 0.284. The van der Waals surface area contributed by atoms with Gasteiger partial charge in [-0.2, -0.15) is 0 Å². The number of aromatic hydroxyl groups is 1. The highest BCUT2D eigenvalue weighted by Crippen LogP contribution is 2.30. The highest BCUT2D eigenvalue weighted by atomic mass is 16.7. The zero-order valence-corrected chi connectivity index (χ0v) is 22.3. The van der Waals surface area contributed by atoms with Gasteiger partial charge in [-0.05, 0) is 12.1 Å². The first-order valence-corrected chi connectivity index (χ1v) is 11.9. The Morgan fingerprint density at radius 2 is 1.50 bits per heavy atom. The van der Waals surface area contributed by atoms with E-state index in [0.717, 1.165) is 11.0 Å². The number of carbonyl (C=O) groups excluding carboxylic acids is 2. The molecule has 214 valence electrons. The third-order valence-corrected chi connectivity index (χ3v) is 4.95. The number of likely N-dealkylation sites (N-methyl/N-ethyl adjacent to an activating group) is 2. The first-order chi connectivity index (χ1) is 18.0. The van der Waals surface area contributed by atoms with E-state index in [9.17, 15) is 34.8 Å². The number of hydrogen-bond acceptors (Lipinski definition) is 11. The molecule has 1 aliphatic heterocycles. The Kier molecular flexibility index (Phi) is 15.8. The molecule has 0 bridgehead atoms. The summed E-state index contributed by atoms with van der Waals surface area (Å²) in [4.78, 5) is 37.1. The van der Waals surface area contributed by atoms with Gasteiger partial charge in [0.05, 0.1) is 0 Å². The van der Waals surface area contributed by atoms with Gasteiger partial charge in [0.1, 0.15) is 36.4 Å². The summed E-state index contributed by atoms with van der Waals surface area (Å²) in [6.45, 7) is 7.82. The van der Waals surface area contributed by atoms with E-state index in [1.54, 1.807) is 0 Å². The van der Waals surface area contributed by atoms with Crippen molar-refractivity contribution in [3.8, 4) is 11.5 Å². The first-order valence-electron chi connectivity index (χ1n) is 11.9. The van der Waals surface area contributed by atoms with Gasteiger partial charge in [-0.3, -0.25) is 0 Å². The summed E-state index contributed by atoms with van der Waals surface area (Å²) in [5.41, 5.74) is 0.201. The summed E-state index contributed by atoms with van der Waals surface area (Å²) in [5, 5.41) is 48.8. The Hall–Kier alpha value is -3.27. The minimum atomic E-state index is -1.90. The summed E-state index contributed by atoms with van der Waals surface area (Å²) in [6, 6.07) is 3.71. The number of benzene rings is 1. The van der Waals surface area contributed by atoms with Crippen LogP contribution in [0.1, 0.15) is 33.3 Å². The van der Waals surface area contributed by atoms with E-state index in [1.165, 1.54) is 31.1 Å². The standard InChI is InChI=1S/C19H25BN2O12.2C2H6/c1-21(5-6-22(2)19(30)34-20)18(29)31-8-9-3-4-10(23)7-11(9)32-17-14(26)12(24)13(25)15(33-17)16(27)28;2*1-2/h3-4,7,12-15,17,23-26H,5-6,8H2,1-2H3,(H,27,28);2*1-2H3/t12-,13-,14+,15-,17+;;/m0../s1. The molecule has 1 heterocycles. The fourth-order valence-corrected chi connectivity index (χ4v) is 2.87. The van der Waals surface area contributed by atoms with E-state index in [2.05, 4.69) is 4.65 Å². The third-order valence-electron chi connectivity index (χ3n) is 4.95. The second-order valence-electron chi connectivity index (χ2n) is 7.43. The molecule has 5 atom stereocenters. The Labute approximate surface area is 222 Å². The number of carboxylic acids is 1. The van der Waals surface area contributed by atoms with E-state index < -0.39 is 48.9 Å². The van der Waals surface area contributed by atoms with Crippen LogP contribution in [0.3, 0.4) is 0 Å². The molecule has 2 rings (SSSR count). The van der Waals surface area contributed by atoms with Crippen LogP contribution in [0.15, 0.2) is 18.2 Å². The lowest BCUT2D eigenvalue weighted by molar-refractivity contribution is -0.271. The number of hydrogen-bond donors (Lipinski definition) is 5. The van der Waals surface area contributed by atoms with Crippen LogP contribution in [0.25, 0.3) is 0 Å². The lowest BCUT2D eigenvalue weighted by Gasteiger charge is -2.38. The Bertz CT molecular complexity index is 890. The van der Waals surface area contributed by atoms with Crippen LogP contribution in [0.4, 0.5) is 9.59 Å². The maximum atomic E-state index is 12.2. The fraction of sp³-hybridized carbons (Fsp3) is 0.609. The number of amides is 2. The minimum Gasteiger partial charge on any atom is -0.528 e. The van der Waals surface area contributed by atoms with Crippen LogP contribution in [0, 0.1) is 0 Å². The number of rotatable bonds is 8. The highest BCUT2D eigenvalue weighted by molar-refractivity contribution is 6.04. The van der Waals surface area contributed by atoms with Crippen molar-refractivity contribution < 1.29 is 58.8 Å². The molecule has 1 aliphatic rings. The van der Waals surface area contributed by atoms with Crippen LogP contribution >= 0.6 is 0 Å². The zero-order chi connectivity index (χ0) is 29.6. The lowest BCUT2D eigenvalue weighted by Crippen LogP contribution is -2.61. The molecule has 5 N–H and O–H groups in total. The molecule has 15 heteroatoms. The number of ether oxygens (including phenoxy) is 3. The number of phenolic OH excluding ortho intramolecular Hbond substituents is 1. The van der Waals surface area contributed by atoms with Gasteiger partial charge in [-0.15, -0.1) is 0 Å². The van der Waals surface area contributed by atoms with Gasteiger partial charge < -0.3 is 54.2 Å². The predicted octanol–water partition coefficient (Wildman–Crippen LogP) is 0.436. The maximum Gasteiger partial charge on any atom is 0.409 e. The third kappa shape index (κ3) is 9.89. The van der Waals surface area contributed by atoms with Gasteiger partial charge in [0, 0.05) is 38.8 Å². The zero-order valence-electron chi connectivity index (χ0n) is 22.3.